The highest BCUT2D eigenvalue weighted by atomic mass is 32.2. The number of hydrogen-bond acceptors (Lipinski definition) is 5. The van der Waals surface area contributed by atoms with Crippen molar-refractivity contribution in [1.29, 1.82) is 0 Å². The number of benzene rings is 3. The van der Waals surface area contributed by atoms with Crippen LogP contribution in [0.5, 0.6) is 11.5 Å². The van der Waals surface area contributed by atoms with Crippen LogP contribution >= 0.6 is 0 Å². The molecule has 3 aromatic carbocycles. The summed E-state index contributed by atoms with van der Waals surface area (Å²) in [5.74, 6) is 0.182. The Balaban J connectivity index is 1.65. The first kappa shape index (κ1) is 22.0. The van der Waals surface area contributed by atoms with Crippen molar-refractivity contribution in [2.75, 3.05) is 0 Å². The smallest absolute Gasteiger partial charge is 0.251 e. The van der Waals surface area contributed by atoms with E-state index in [0.717, 1.165) is 0 Å². The molecule has 0 aliphatic heterocycles. The van der Waals surface area contributed by atoms with E-state index in [9.17, 15) is 18.0 Å². The molecule has 0 fully saturated rings. The molecular weight excluding hydrogens is 418 g/mol. The van der Waals surface area contributed by atoms with Crippen LogP contribution in [0.2, 0.25) is 0 Å². The Morgan fingerprint density at radius 3 is 1.97 bits per heavy atom. The van der Waals surface area contributed by atoms with Gasteiger partial charge < -0.3 is 15.8 Å². The molecule has 0 bridgehead atoms. The number of primary sulfonamides is 1. The molecule has 160 valence electrons. The lowest BCUT2D eigenvalue weighted by molar-refractivity contribution is 0.0938. The van der Waals surface area contributed by atoms with Crippen molar-refractivity contribution in [3.8, 4) is 11.5 Å². The van der Waals surface area contributed by atoms with Crippen LogP contribution < -0.4 is 20.9 Å². The van der Waals surface area contributed by atoms with Gasteiger partial charge in [0.05, 0.1) is 10.9 Å². The van der Waals surface area contributed by atoms with E-state index in [0.29, 0.717) is 28.2 Å². The Bertz CT molecular complexity index is 1210. The number of carbonyl (C=O) groups excluding carboxylic acids is 2. The molecule has 9 heteroatoms. The first-order valence-corrected chi connectivity index (χ1v) is 10.8. The second-order valence-electron chi connectivity index (χ2n) is 6.83. The molecule has 5 N–H and O–H groups in total. The van der Waals surface area contributed by atoms with Crippen LogP contribution in [0.25, 0.3) is 0 Å². The van der Waals surface area contributed by atoms with E-state index >= 15 is 0 Å². The van der Waals surface area contributed by atoms with Gasteiger partial charge in [0, 0.05) is 11.1 Å². The van der Waals surface area contributed by atoms with Gasteiger partial charge in [0.15, 0.2) is 0 Å². The highest BCUT2D eigenvalue weighted by Crippen LogP contribution is 2.23. The number of nitrogens with one attached hydrogen (secondary N) is 1. The van der Waals surface area contributed by atoms with Gasteiger partial charge in [-0.05, 0) is 73.2 Å². The number of primary amides is 1. The normalized spacial score (nSPS) is 12.1. The first-order valence-electron chi connectivity index (χ1n) is 9.25. The van der Waals surface area contributed by atoms with Crippen LogP contribution in [0.4, 0.5) is 0 Å². The molecule has 2 amide bonds. The fraction of sp³-hybridized carbons (Fsp3) is 0.0909. The number of ether oxygens (including phenoxy) is 1. The second-order valence-corrected chi connectivity index (χ2v) is 8.39. The standard InChI is InChI=1S/C22H21N3O5S/c1-14(17-3-2-4-20(13-17)31(24,28)29)25-22(27)16-7-11-19(12-8-16)30-18-9-5-15(6-10-18)21(23)26/h2-14H,1H3,(H2,23,26)(H,25,27)(H2,24,28,29). The van der Waals surface area contributed by atoms with E-state index in [4.69, 9.17) is 15.6 Å². The molecule has 0 saturated heterocycles. The molecule has 0 aliphatic rings. The topological polar surface area (TPSA) is 142 Å². The average Bonchev–Trinajstić information content (AvgIpc) is 2.74. The summed E-state index contributed by atoms with van der Waals surface area (Å²) in [6.07, 6.45) is 0. The Morgan fingerprint density at radius 2 is 1.45 bits per heavy atom. The largest absolute Gasteiger partial charge is 0.457 e. The summed E-state index contributed by atoms with van der Waals surface area (Å²) in [4.78, 5) is 23.6. The molecule has 0 radical (unpaired) electrons. The fourth-order valence-corrected chi connectivity index (χ4v) is 3.39. The minimum absolute atomic E-state index is 0.0172. The van der Waals surface area contributed by atoms with Crippen LogP contribution in [0.1, 0.15) is 39.2 Å². The van der Waals surface area contributed by atoms with Gasteiger partial charge in [0.1, 0.15) is 11.5 Å². The van der Waals surface area contributed by atoms with Crippen LogP contribution in [0, 0.1) is 0 Å². The van der Waals surface area contributed by atoms with Crippen molar-refractivity contribution in [2.45, 2.75) is 17.9 Å². The zero-order chi connectivity index (χ0) is 22.6. The van der Waals surface area contributed by atoms with E-state index < -0.39 is 22.0 Å². The molecule has 1 atom stereocenters. The number of hydrogen-bond donors (Lipinski definition) is 3. The lowest BCUT2D eigenvalue weighted by atomic mass is 10.1. The second kappa shape index (κ2) is 8.99. The van der Waals surface area contributed by atoms with Crippen LogP contribution in [-0.4, -0.2) is 20.2 Å². The maximum absolute atomic E-state index is 12.5. The van der Waals surface area contributed by atoms with E-state index in [1.165, 1.54) is 12.1 Å². The maximum Gasteiger partial charge on any atom is 0.251 e. The molecule has 31 heavy (non-hydrogen) atoms. The minimum atomic E-state index is -3.83. The summed E-state index contributed by atoms with van der Waals surface area (Å²) < 4.78 is 28.7. The zero-order valence-corrected chi connectivity index (χ0v) is 17.4. The van der Waals surface area contributed by atoms with Gasteiger partial charge in [-0.1, -0.05) is 12.1 Å². The molecular formula is C22H21N3O5S. The average molecular weight is 439 g/mol. The number of sulfonamides is 1. The quantitative estimate of drug-likeness (QED) is 0.519. The molecule has 1 unspecified atom stereocenters. The zero-order valence-electron chi connectivity index (χ0n) is 16.6. The summed E-state index contributed by atoms with van der Waals surface area (Å²) in [6.45, 7) is 1.74. The summed E-state index contributed by atoms with van der Waals surface area (Å²) in [7, 11) is -3.83. The van der Waals surface area contributed by atoms with Gasteiger partial charge in [-0.25, -0.2) is 13.6 Å². The predicted octanol–water partition coefficient (Wildman–Crippen LogP) is 2.72. The fourth-order valence-electron chi connectivity index (χ4n) is 2.82. The van der Waals surface area contributed by atoms with Crippen molar-refractivity contribution in [3.05, 3.63) is 89.5 Å². The third-order valence-electron chi connectivity index (χ3n) is 4.53. The lowest BCUT2D eigenvalue weighted by Gasteiger charge is -2.15. The van der Waals surface area contributed by atoms with Crippen molar-refractivity contribution >= 4 is 21.8 Å². The van der Waals surface area contributed by atoms with Crippen molar-refractivity contribution < 1.29 is 22.7 Å². The molecule has 0 spiro atoms. The summed E-state index contributed by atoms with van der Waals surface area (Å²) in [6, 6.07) is 18.5. The van der Waals surface area contributed by atoms with Gasteiger partial charge in [-0.3, -0.25) is 9.59 Å². The summed E-state index contributed by atoms with van der Waals surface area (Å²) in [5, 5.41) is 7.98. The maximum atomic E-state index is 12.5. The third-order valence-corrected chi connectivity index (χ3v) is 5.44. The number of amides is 2. The molecule has 0 saturated carbocycles. The number of carbonyl (C=O) groups is 2. The first-order chi connectivity index (χ1) is 14.6. The van der Waals surface area contributed by atoms with Crippen molar-refractivity contribution in [2.24, 2.45) is 10.9 Å². The van der Waals surface area contributed by atoms with E-state index in [1.54, 1.807) is 67.6 Å². The minimum Gasteiger partial charge on any atom is -0.457 e. The van der Waals surface area contributed by atoms with E-state index in [2.05, 4.69) is 5.32 Å². The monoisotopic (exact) mass is 439 g/mol. The van der Waals surface area contributed by atoms with Crippen LogP contribution in [0.3, 0.4) is 0 Å². The predicted molar refractivity (Wildman–Crippen MR) is 115 cm³/mol. The highest BCUT2D eigenvalue weighted by Gasteiger charge is 2.15. The van der Waals surface area contributed by atoms with Gasteiger partial charge in [-0.2, -0.15) is 0 Å². The molecule has 3 aromatic rings. The van der Waals surface area contributed by atoms with E-state index in [1.807, 2.05) is 0 Å². The third kappa shape index (κ3) is 5.68. The van der Waals surface area contributed by atoms with Crippen molar-refractivity contribution in [3.63, 3.8) is 0 Å². The highest BCUT2D eigenvalue weighted by molar-refractivity contribution is 7.89. The molecule has 8 nitrogen and oxygen atoms in total. The van der Waals surface area contributed by atoms with E-state index in [-0.39, 0.29) is 10.8 Å². The number of nitrogens with two attached hydrogens (primary N) is 2. The van der Waals surface area contributed by atoms with Gasteiger partial charge in [0.25, 0.3) is 5.91 Å². The van der Waals surface area contributed by atoms with Gasteiger partial charge in [0.2, 0.25) is 15.9 Å². The Kier molecular flexibility index (Phi) is 6.38. The Hall–Kier alpha value is -3.69. The van der Waals surface area contributed by atoms with Crippen LogP contribution in [-0.2, 0) is 10.0 Å². The molecule has 0 heterocycles. The molecule has 0 aliphatic carbocycles. The lowest BCUT2D eigenvalue weighted by Crippen LogP contribution is -2.26. The van der Waals surface area contributed by atoms with Gasteiger partial charge >= 0.3 is 0 Å². The summed E-state index contributed by atoms with van der Waals surface area (Å²) in [5.41, 5.74) is 6.61. The Labute approximate surface area is 179 Å². The SMILES string of the molecule is CC(NC(=O)c1ccc(Oc2ccc(C(N)=O)cc2)cc1)c1cccc(S(N)(=O)=O)c1. The summed E-state index contributed by atoms with van der Waals surface area (Å²) >= 11 is 0. The van der Waals surface area contributed by atoms with Crippen molar-refractivity contribution in [1.82, 2.24) is 5.32 Å². The van der Waals surface area contributed by atoms with Crippen LogP contribution in [0.15, 0.2) is 77.7 Å². The Morgan fingerprint density at radius 1 is 0.903 bits per heavy atom. The molecule has 3 rings (SSSR count). The van der Waals surface area contributed by atoms with Gasteiger partial charge in [-0.15, -0.1) is 0 Å². The molecule has 0 aromatic heterocycles. The number of rotatable bonds is 7.